The molecule has 4 heterocycles. The number of aromatic nitrogens is 2. The second-order valence-electron chi connectivity index (χ2n) is 9.18. The van der Waals surface area contributed by atoms with Gasteiger partial charge in [0.15, 0.2) is 0 Å². The number of aliphatic hydroxyl groups is 1. The molecule has 3 N–H and O–H groups in total. The van der Waals surface area contributed by atoms with E-state index in [1.54, 1.807) is 29.1 Å². The first kappa shape index (κ1) is 22.7. The number of H-pyrrole nitrogens is 1. The lowest BCUT2D eigenvalue weighted by atomic mass is 9.95. The number of rotatable bonds is 6. The van der Waals surface area contributed by atoms with Crippen LogP contribution in [0.2, 0.25) is 0 Å². The number of aliphatic hydroxyl groups excluding tert-OH is 1. The number of carbonyl (C=O) groups excluding carboxylic acids is 2. The Hall–Kier alpha value is -3.79. The fourth-order valence-corrected chi connectivity index (χ4v) is 5.27. The Bertz CT molecular complexity index is 1530. The van der Waals surface area contributed by atoms with Crippen LogP contribution in [0.5, 0.6) is 0 Å². The Morgan fingerprint density at radius 2 is 1.67 bits per heavy atom. The Labute approximate surface area is 205 Å². The molecule has 2 aliphatic heterocycles. The number of amides is 2. The third-order valence-electron chi connectivity index (χ3n) is 6.89. The van der Waals surface area contributed by atoms with Crippen molar-refractivity contribution < 1.29 is 23.8 Å². The van der Waals surface area contributed by atoms with Gasteiger partial charge >= 0.3 is 0 Å². The molecule has 1 saturated heterocycles. The van der Waals surface area contributed by atoms with Gasteiger partial charge in [0.2, 0.25) is 0 Å². The molecular formula is C27H25FN4O4. The van der Waals surface area contributed by atoms with E-state index < -0.39 is 23.7 Å². The van der Waals surface area contributed by atoms with E-state index in [1.165, 1.54) is 6.07 Å². The van der Waals surface area contributed by atoms with Gasteiger partial charge in [-0.2, -0.15) is 0 Å². The molecule has 0 aliphatic carbocycles. The summed E-state index contributed by atoms with van der Waals surface area (Å²) >= 11 is 0. The zero-order valence-corrected chi connectivity index (χ0v) is 19.5. The highest BCUT2D eigenvalue weighted by atomic mass is 19.1. The maximum absolute atomic E-state index is 15.1. The molecule has 0 bridgehead atoms. The number of carbonyl (C=O) groups is 2. The number of nitrogens with zero attached hydrogens (tertiary/aromatic N) is 2. The van der Waals surface area contributed by atoms with Crippen LogP contribution < -0.4 is 5.32 Å². The number of halogens is 1. The molecule has 1 unspecified atom stereocenters. The molecule has 36 heavy (non-hydrogen) atoms. The molecule has 4 aromatic rings. The number of ether oxygens (including phenoxy) is 1. The summed E-state index contributed by atoms with van der Waals surface area (Å²) in [7, 11) is 0. The minimum absolute atomic E-state index is 0.139. The number of morpholine rings is 1. The van der Waals surface area contributed by atoms with Gasteiger partial charge in [-0.3, -0.25) is 19.8 Å². The predicted octanol–water partition coefficient (Wildman–Crippen LogP) is 2.52. The summed E-state index contributed by atoms with van der Waals surface area (Å²) < 4.78 is 22.1. The van der Waals surface area contributed by atoms with Gasteiger partial charge in [-0.15, -0.1) is 0 Å². The third-order valence-corrected chi connectivity index (χ3v) is 6.89. The van der Waals surface area contributed by atoms with Crippen molar-refractivity contribution in [2.45, 2.75) is 12.6 Å². The van der Waals surface area contributed by atoms with Gasteiger partial charge in [0, 0.05) is 66.0 Å². The number of hydrogen-bond donors (Lipinski definition) is 3. The third kappa shape index (κ3) is 3.81. The van der Waals surface area contributed by atoms with Crippen molar-refractivity contribution in [3.8, 4) is 0 Å². The van der Waals surface area contributed by atoms with Crippen LogP contribution in [-0.4, -0.2) is 70.3 Å². The van der Waals surface area contributed by atoms with Crippen molar-refractivity contribution in [3.63, 3.8) is 0 Å². The molecule has 9 heteroatoms. The van der Waals surface area contributed by atoms with Crippen molar-refractivity contribution in [1.29, 1.82) is 0 Å². The van der Waals surface area contributed by atoms with E-state index in [4.69, 9.17) is 4.74 Å². The zero-order valence-electron chi connectivity index (χ0n) is 19.5. The summed E-state index contributed by atoms with van der Waals surface area (Å²) in [6.07, 6.45) is 2.62. The molecule has 2 amide bonds. The van der Waals surface area contributed by atoms with Crippen LogP contribution in [-0.2, 0) is 20.9 Å². The monoisotopic (exact) mass is 488 g/mol. The highest BCUT2D eigenvalue weighted by Gasteiger charge is 2.35. The number of para-hydroxylation sites is 2. The average Bonchev–Trinajstić information content (AvgIpc) is 3.53. The topological polar surface area (TPSA) is 99.6 Å². The van der Waals surface area contributed by atoms with Crippen molar-refractivity contribution in [2.24, 2.45) is 0 Å². The second-order valence-corrected chi connectivity index (χ2v) is 9.18. The van der Waals surface area contributed by atoms with Crippen LogP contribution in [0.25, 0.3) is 33.0 Å². The molecule has 2 aliphatic rings. The van der Waals surface area contributed by atoms with Gasteiger partial charge in [-0.1, -0.05) is 30.3 Å². The molecule has 6 rings (SSSR count). The van der Waals surface area contributed by atoms with Crippen molar-refractivity contribution in [2.75, 3.05) is 32.8 Å². The minimum atomic E-state index is -0.757. The van der Waals surface area contributed by atoms with Crippen molar-refractivity contribution in [3.05, 3.63) is 71.8 Å². The standard InChI is InChI=1S/C27H25FN4O4/c28-21-6-3-5-18-20(15-32(25(18)21)14-16(33)13-31-8-10-36-11-9-31)24-23(26(34)30-27(24)35)19-12-29-22-7-2-1-4-17(19)22/h1-7,12,15-16,29,33H,8-11,13-14H2,(H,30,34,35). The van der Waals surface area contributed by atoms with E-state index in [0.29, 0.717) is 36.3 Å². The summed E-state index contributed by atoms with van der Waals surface area (Å²) in [4.78, 5) is 31.3. The smallest absolute Gasteiger partial charge is 0.259 e. The summed E-state index contributed by atoms with van der Waals surface area (Å²) in [5, 5.41) is 14.6. The van der Waals surface area contributed by atoms with Crippen molar-refractivity contribution in [1.82, 2.24) is 19.8 Å². The van der Waals surface area contributed by atoms with Crippen LogP contribution >= 0.6 is 0 Å². The number of β-amino-alcohol motifs (C(OH)–C–C–N with tert-alkyl or cyclic N) is 1. The summed E-state index contributed by atoms with van der Waals surface area (Å²) in [5.41, 5.74) is 2.62. The fraction of sp³-hybridized carbons (Fsp3) is 0.259. The molecule has 2 aromatic heterocycles. The molecule has 0 spiro atoms. The fourth-order valence-electron chi connectivity index (χ4n) is 5.27. The molecule has 2 aromatic carbocycles. The molecule has 1 fully saturated rings. The van der Waals surface area contributed by atoms with E-state index in [1.807, 2.05) is 24.3 Å². The van der Waals surface area contributed by atoms with E-state index in [0.717, 1.165) is 24.0 Å². The SMILES string of the molecule is O=C1NC(=O)C(c2cn(CC(O)CN3CCOCC3)c3c(F)cccc23)=C1c1c[nH]c2ccccc12. The Balaban J connectivity index is 1.47. The maximum Gasteiger partial charge on any atom is 0.259 e. The first-order chi connectivity index (χ1) is 17.5. The molecule has 1 atom stereocenters. The number of fused-ring (bicyclic) bond motifs is 2. The predicted molar refractivity (Wildman–Crippen MR) is 133 cm³/mol. The van der Waals surface area contributed by atoms with Gasteiger partial charge in [-0.25, -0.2) is 4.39 Å². The summed E-state index contributed by atoms with van der Waals surface area (Å²) in [6, 6.07) is 12.2. The lowest BCUT2D eigenvalue weighted by Crippen LogP contribution is -2.41. The summed E-state index contributed by atoms with van der Waals surface area (Å²) in [6.45, 7) is 3.26. The van der Waals surface area contributed by atoms with Gasteiger partial charge in [0.25, 0.3) is 11.8 Å². The van der Waals surface area contributed by atoms with Gasteiger partial charge in [0.05, 0.1) is 36.0 Å². The van der Waals surface area contributed by atoms with Gasteiger partial charge < -0.3 is 19.4 Å². The molecule has 8 nitrogen and oxygen atoms in total. The minimum Gasteiger partial charge on any atom is -0.390 e. The number of benzene rings is 2. The average molecular weight is 489 g/mol. The first-order valence-electron chi connectivity index (χ1n) is 11.9. The van der Waals surface area contributed by atoms with Gasteiger partial charge in [0.1, 0.15) is 5.82 Å². The number of imide groups is 1. The number of hydrogen-bond acceptors (Lipinski definition) is 5. The Kier molecular flexibility index (Phi) is 5.67. The largest absolute Gasteiger partial charge is 0.390 e. The summed E-state index contributed by atoms with van der Waals surface area (Å²) in [5.74, 6) is -1.49. The Morgan fingerprint density at radius 3 is 2.47 bits per heavy atom. The number of aromatic amines is 1. The van der Waals surface area contributed by atoms with Gasteiger partial charge in [-0.05, 0) is 12.1 Å². The molecule has 0 saturated carbocycles. The normalized spacial score (nSPS) is 17.9. The van der Waals surface area contributed by atoms with E-state index in [9.17, 15) is 14.7 Å². The lowest BCUT2D eigenvalue weighted by Gasteiger charge is -2.28. The molecule has 184 valence electrons. The Morgan fingerprint density at radius 1 is 0.944 bits per heavy atom. The van der Waals surface area contributed by atoms with Crippen LogP contribution in [0.3, 0.4) is 0 Å². The van der Waals surface area contributed by atoms with E-state index in [2.05, 4.69) is 15.2 Å². The highest BCUT2D eigenvalue weighted by molar-refractivity contribution is 6.50. The van der Waals surface area contributed by atoms with E-state index in [-0.39, 0.29) is 23.2 Å². The highest BCUT2D eigenvalue weighted by Crippen LogP contribution is 2.38. The second kappa shape index (κ2) is 9.02. The van der Waals surface area contributed by atoms with Crippen LogP contribution in [0.15, 0.2) is 54.9 Å². The molecular weight excluding hydrogens is 463 g/mol. The quantitative estimate of drug-likeness (QED) is 0.362. The van der Waals surface area contributed by atoms with E-state index >= 15 is 4.39 Å². The zero-order chi connectivity index (χ0) is 24.8. The van der Waals surface area contributed by atoms with Crippen molar-refractivity contribution >= 4 is 44.8 Å². The number of nitrogens with one attached hydrogen (secondary N) is 2. The maximum atomic E-state index is 15.1. The molecule has 0 radical (unpaired) electrons. The first-order valence-corrected chi connectivity index (χ1v) is 11.9. The van der Waals surface area contributed by atoms with Crippen LogP contribution in [0, 0.1) is 5.82 Å². The van der Waals surface area contributed by atoms with Crippen LogP contribution in [0.1, 0.15) is 11.1 Å². The lowest BCUT2D eigenvalue weighted by molar-refractivity contribution is -0.122. The van der Waals surface area contributed by atoms with Crippen LogP contribution in [0.4, 0.5) is 4.39 Å².